The number of allylic oxidation sites excluding steroid dienone is 1. The molecule has 9 nitrogen and oxygen atoms in total. The number of aliphatic hydroxyl groups excluding tert-OH is 3. The van der Waals surface area contributed by atoms with Gasteiger partial charge in [0.05, 0.1) is 35.6 Å². The fraction of sp³-hybridized carbons (Fsp3) is 0.735. The lowest BCUT2D eigenvalue weighted by Gasteiger charge is -2.61. The lowest BCUT2D eigenvalue weighted by Crippen LogP contribution is -2.64. The Morgan fingerprint density at radius 1 is 1.00 bits per heavy atom. The first-order valence-corrected chi connectivity index (χ1v) is 15.8. The van der Waals surface area contributed by atoms with E-state index >= 15 is 0 Å². The van der Waals surface area contributed by atoms with Crippen LogP contribution < -0.4 is 0 Å². The zero-order chi connectivity index (χ0) is 31.6. The highest BCUT2D eigenvalue weighted by Crippen LogP contribution is 2.71. The second kappa shape index (κ2) is 9.74. The molecule has 1 aromatic carbocycles. The number of carbonyl (C=O) groups is 1. The van der Waals surface area contributed by atoms with Gasteiger partial charge in [-0.15, -0.1) is 0 Å². The van der Waals surface area contributed by atoms with Crippen LogP contribution in [-0.2, 0) is 9.53 Å². The van der Waals surface area contributed by atoms with Gasteiger partial charge < -0.3 is 40.5 Å². The van der Waals surface area contributed by atoms with Crippen molar-refractivity contribution in [1.82, 2.24) is 0 Å². The molecule has 5 aliphatic rings. The number of benzene rings is 1. The maximum Gasteiger partial charge on any atom is 0.160 e. The third kappa shape index (κ3) is 4.01. The molecule has 0 amide bonds. The van der Waals surface area contributed by atoms with Crippen LogP contribution >= 0.6 is 0 Å². The Morgan fingerprint density at radius 2 is 1.67 bits per heavy atom. The Hall–Kier alpha value is -2.01. The van der Waals surface area contributed by atoms with E-state index in [4.69, 9.17) is 4.74 Å². The van der Waals surface area contributed by atoms with Crippen molar-refractivity contribution in [2.45, 2.75) is 115 Å². The number of ketones is 1. The maximum atomic E-state index is 14.2. The summed E-state index contributed by atoms with van der Waals surface area (Å²) >= 11 is 0. The molecule has 4 fully saturated rings. The lowest BCUT2D eigenvalue weighted by molar-refractivity contribution is -0.177. The number of aliphatic hydroxyl groups is 5. The molecule has 4 aliphatic carbocycles. The minimum atomic E-state index is -1.45. The quantitative estimate of drug-likeness (QED) is 0.257. The second-order valence-electron chi connectivity index (χ2n) is 15.5. The highest BCUT2D eigenvalue weighted by atomic mass is 16.5. The number of hydrogen-bond donors (Lipinski definition) is 7. The topological polar surface area (TPSA) is 168 Å². The molecule has 1 heterocycles. The number of phenolic OH excluding ortho intramolecular Hbond substituents is 2. The van der Waals surface area contributed by atoms with Crippen LogP contribution in [0.15, 0.2) is 29.8 Å². The molecule has 14 unspecified atom stereocenters. The minimum Gasteiger partial charge on any atom is -0.504 e. The van der Waals surface area contributed by atoms with E-state index in [1.165, 1.54) is 18.2 Å². The van der Waals surface area contributed by atoms with E-state index < -0.39 is 70.3 Å². The van der Waals surface area contributed by atoms with Gasteiger partial charge in [-0.1, -0.05) is 40.7 Å². The Balaban J connectivity index is 1.40. The van der Waals surface area contributed by atoms with Gasteiger partial charge in [-0.25, -0.2) is 0 Å². The number of carbonyl (C=O) groups excluding carboxylic acids is 1. The zero-order valence-corrected chi connectivity index (χ0v) is 25.9. The predicted octanol–water partition coefficient (Wildman–Crippen LogP) is 2.78. The Kier molecular flexibility index (Phi) is 7.02. The van der Waals surface area contributed by atoms with Crippen molar-refractivity contribution in [3.05, 3.63) is 35.4 Å². The highest BCUT2D eigenvalue weighted by molar-refractivity contribution is 5.96. The van der Waals surface area contributed by atoms with E-state index in [1.54, 1.807) is 13.0 Å². The largest absolute Gasteiger partial charge is 0.504 e. The number of fused-ring (bicyclic) bond motifs is 7. The fourth-order valence-corrected chi connectivity index (χ4v) is 10.4. The first-order valence-electron chi connectivity index (χ1n) is 15.8. The summed E-state index contributed by atoms with van der Waals surface area (Å²) in [4.78, 5) is 14.2. The summed E-state index contributed by atoms with van der Waals surface area (Å²) in [6.07, 6.45) is -1.60. The molecule has 0 radical (unpaired) electrons. The molecule has 1 saturated heterocycles. The molecule has 0 aromatic heterocycles. The Labute approximate surface area is 253 Å². The van der Waals surface area contributed by atoms with Crippen LogP contribution in [0.5, 0.6) is 11.5 Å². The van der Waals surface area contributed by atoms with E-state index in [-0.39, 0.29) is 47.9 Å². The van der Waals surface area contributed by atoms with Crippen LogP contribution in [0.25, 0.3) is 0 Å². The number of aromatic hydroxyl groups is 2. The fourth-order valence-electron chi connectivity index (χ4n) is 10.4. The normalized spacial score (nSPS) is 48.7. The molecule has 9 heteroatoms. The average Bonchev–Trinajstić information content (AvgIpc) is 3.32. The van der Waals surface area contributed by atoms with E-state index in [0.29, 0.717) is 24.0 Å². The monoisotopic (exact) mass is 600 g/mol. The number of phenols is 2. The first kappa shape index (κ1) is 31.0. The van der Waals surface area contributed by atoms with Crippen LogP contribution in [0.2, 0.25) is 0 Å². The van der Waals surface area contributed by atoms with Crippen molar-refractivity contribution in [1.29, 1.82) is 0 Å². The van der Waals surface area contributed by atoms with Crippen LogP contribution in [0, 0.1) is 40.4 Å². The van der Waals surface area contributed by atoms with Crippen molar-refractivity contribution in [3.63, 3.8) is 0 Å². The van der Waals surface area contributed by atoms with Crippen molar-refractivity contribution < 1.29 is 45.3 Å². The molecule has 7 N–H and O–H groups in total. The summed E-state index contributed by atoms with van der Waals surface area (Å²) in [5.74, 6) is -3.19. The van der Waals surface area contributed by atoms with Crippen LogP contribution in [0.4, 0.5) is 0 Å². The summed E-state index contributed by atoms with van der Waals surface area (Å²) in [5, 5.41) is 78.4. The molecule has 6 rings (SSSR count). The molecule has 43 heavy (non-hydrogen) atoms. The van der Waals surface area contributed by atoms with Gasteiger partial charge in [0.25, 0.3) is 0 Å². The molecular formula is C34H48O9. The molecule has 0 spiro atoms. The van der Waals surface area contributed by atoms with Gasteiger partial charge in [-0.3, -0.25) is 4.79 Å². The summed E-state index contributed by atoms with van der Waals surface area (Å²) in [7, 11) is 0. The van der Waals surface area contributed by atoms with Crippen LogP contribution in [-0.4, -0.2) is 83.3 Å². The maximum absolute atomic E-state index is 14.2. The van der Waals surface area contributed by atoms with E-state index in [0.717, 1.165) is 0 Å². The predicted molar refractivity (Wildman–Crippen MR) is 157 cm³/mol. The Morgan fingerprint density at radius 3 is 2.30 bits per heavy atom. The summed E-state index contributed by atoms with van der Waals surface area (Å²) in [6, 6.07) is 4.21. The number of hydrogen-bond acceptors (Lipinski definition) is 9. The highest BCUT2D eigenvalue weighted by Gasteiger charge is 2.75. The van der Waals surface area contributed by atoms with Gasteiger partial charge in [-0.05, 0) is 78.7 Å². The SMILES string of the molecule is CC(C)C(C)C(O)C1OC2CC3(O)C4=CC(=O)C5C(c6ccc(O)c(O)c6)C(O)C(O)CC5(C)C4CCC3(C)C2C1(C)O. The molecule has 3 saturated carbocycles. The minimum absolute atomic E-state index is 0.107. The molecule has 14 atom stereocenters. The molecule has 1 aromatic rings. The summed E-state index contributed by atoms with van der Waals surface area (Å²) in [6.45, 7) is 11.6. The van der Waals surface area contributed by atoms with E-state index in [1.807, 2.05) is 34.6 Å². The molecule has 238 valence electrons. The standard InChI is InChI=1S/C34H48O9/c1-15(2)16(3)27(39)30-33(6,41)29-24(43-30)14-34(42)19-12-22(37)26-25(17-7-8-20(35)21(36)11-17)28(40)23(38)13-31(26,4)18(19)9-10-32(29,34)5/h7-8,11-12,15-16,18,23-30,35-36,38-42H,9-10,13-14H2,1-6H3. The van der Waals surface area contributed by atoms with Crippen molar-refractivity contribution in [2.24, 2.45) is 40.4 Å². The molecule has 1 aliphatic heterocycles. The second-order valence-corrected chi connectivity index (χ2v) is 15.5. The van der Waals surface area contributed by atoms with Gasteiger partial charge in [0, 0.05) is 29.6 Å². The van der Waals surface area contributed by atoms with Gasteiger partial charge in [0.2, 0.25) is 0 Å². The molecular weight excluding hydrogens is 552 g/mol. The van der Waals surface area contributed by atoms with Crippen molar-refractivity contribution in [2.75, 3.05) is 0 Å². The average molecular weight is 601 g/mol. The summed E-state index contributed by atoms with van der Waals surface area (Å²) in [5.41, 5.74) is -3.47. The number of ether oxygens (including phenoxy) is 1. The van der Waals surface area contributed by atoms with Crippen molar-refractivity contribution >= 4 is 5.78 Å². The number of rotatable bonds is 4. The zero-order valence-electron chi connectivity index (χ0n) is 25.9. The smallest absolute Gasteiger partial charge is 0.160 e. The Bertz CT molecular complexity index is 1340. The van der Waals surface area contributed by atoms with Crippen LogP contribution in [0.3, 0.4) is 0 Å². The molecule has 0 bridgehead atoms. The van der Waals surface area contributed by atoms with Crippen molar-refractivity contribution in [3.8, 4) is 11.5 Å². The van der Waals surface area contributed by atoms with E-state index in [9.17, 15) is 40.5 Å². The van der Waals surface area contributed by atoms with E-state index in [2.05, 4.69) is 0 Å². The first-order chi connectivity index (χ1) is 19.9. The third-order valence-electron chi connectivity index (χ3n) is 13.0. The van der Waals surface area contributed by atoms with Crippen LogP contribution in [0.1, 0.15) is 78.7 Å². The van der Waals surface area contributed by atoms with Gasteiger partial charge in [0.1, 0.15) is 6.10 Å². The van der Waals surface area contributed by atoms with Gasteiger partial charge in [0.15, 0.2) is 17.3 Å². The third-order valence-corrected chi connectivity index (χ3v) is 13.0. The summed E-state index contributed by atoms with van der Waals surface area (Å²) < 4.78 is 6.43. The van der Waals surface area contributed by atoms with Gasteiger partial charge in [-0.2, -0.15) is 0 Å². The van der Waals surface area contributed by atoms with Gasteiger partial charge >= 0.3 is 0 Å². The lowest BCUT2D eigenvalue weighted by atomic mass is 9.44.